The highest BCUT2D eigenvalue weighted by atomic mass is 32.1. The number of carboxylic acids is 1. The molecule has 0 saturated carbocycles. The maximum Gasteiger partial charge on any atom is 0.328 e. The molecule has 13 amide bonds. The molecule has 0 saturated heterocycles. The number of carbonyl (C=O) groups is 14. The zero-order chi connectivity index (χ0) is 92.1. The number of nitrogens with one attached hydrogen (secondary N) is 13. The van der Waals surface area contributed by atoms with Crippen LogP contribution < -0.4 is 121 Å². The molecule has 3 rings (SSSR count). The van der Waals surface area contributed by atoms with Crippen molar-refractivity contribution in [3.8, 4) is 0 Å². The Morgan fingerprint density at radius 3 is 0.782 bits per heavy atom. The van der Waals surface area contributed by atoms with Crippen molar-refractivity contribution in [2.24, 2.45) is 73.4 Å². The van der Waals surface area contributed by atoms with Gasteiger partial charge < -0.3 is 131 Å². The van der Waals surface area contributed by atoms with Gasteiger partial charge in [-0.3, -0.25) is 72.3 Å². The van der Waals surface area contributed by atoms with E-state index in [0.717, 1.165) is 0 Å². The fraction of sp³-hybridized carbons (Fsp3) is 0.590. The number of aliphatic hydroxyl groups excluding tert-OH is 1. The van der Waals surface area contributed by atoms with Crippen molar-refractivity contribution in [3.05, 3.63) is 108 Å². The summed E-state index contributed by atoms with van der Waals surface area (Å²) < 4.78 is 0. The molecule has 0 aliphatic carbocycles. The maximum absolute atomic E-state index is 15.0. The zero-order valence-corrected chi connectivity index (χ0v) is 72.6. The first kappa shape index (κ1) is 107. The highest BCUT2D eigenvalue weighted by Crippen LogP contribution is 2.17. The van der Waals surface area contributed by atoms with Gasteiger partial charge in [0.25, 0.3) is 0 Å². The Kier molecular flexibility index (Phi) is 52.2. The van der Waals surface area contributed by atoms with Gasteiger partial charge in [0.2, 0.25) is 76.8 Å². The predicted octanol–water partition coefficient (Wildman–Crippen LogP) is -4.30. The Morgan fingerprint density at radius 2 is 0.540 bits per heavy atom. The van der Waals surface area contributed by atoms with Gasteiger partial charge in [0.15, 0.2) is 11.9 Å². The average Bonchev–Trinajstić information content (AvgIpc) is 0.859. The molecule has 0 bridgehead atoms. The molecule has 0 radical (unpaired) electrons. The summed E-state index contributed by atoms with van der Waals surface area (Å²) in [6.45, 7) is 6.64. The van der Waals surface area contributed by atoms with Gasteiger partial charge >= 0.3 is 5.97 Å². The van der Waals surface area contributed by atoms with E-state index in [1.807, 2.05) is 0 Å². The number of rotatable bonds is 63. The molecule has 3 aromatic carbocycles. The molecule has 0 fully saturated rings. The van der Waals surface area contributed by atoms with Crippen LogP contribution in [0.25, 0.3) is 0 Å². The fourth-order valence-corrected chi connectivity index (χ4v) is 13.3. The minimum atomic E-state index is -1.68. The molecule has 13 atom stereocenters. The van der Waals surface area contributed by atoms with Crippen LogP contribution in [0.1, 0.15) is 160 Å². The number of nitrogens with zero attached hydrogens (tertiary/aromatic N) is 2. The van der Waals surface area contributed by atoms with Crippen LogP contribution in [0.3, 0.4) is 0 Å². The number of aliphatic imine (C=N–C) groups is 2. The molecule has 690 valence electrons. The Hall–Kier alpha value is -11.1. The van der Waals surface area contributed by atoms with E-state index >= 15 is 0 Å². The van der Waals surface area contributed by atoms with Gasteiger partial charge in [-0.15, -0.1) is 0 Å². The highest BCUT2D eigenvalue weighted by Gasteiger charge is 2.38. The van der Waals surface area contributed by atoms with Crippen LogP contribution in [0.4, 0.5) is 0 Å². The monoisotopic (exact) mass is 1760 g/mol. The lowest BCUT2D eigenvalue weighted by molar-refractivity contribution is -0.143. The third kappa shape index (κ3) is 42.8. The second kappa shape index (κ2) is 60.4. The second-order valence-corrected chi connectivity index (χ2v) is 31.5. The summed E-state index contributed by atoms with van der Waals surface area (Å²) in [5.41, 5.74) is 53.2. The predicted molar refractivity (Wildman–Crippen MR) is 474 cm³/mol. The van der Waals surface area contributed by atoms with Gasteiger partial charge in [-0.05, 0) is 170 Å². The van der Waals surface area contributed by atoms with Crippen LogP contribution >= 0.6 is 12.6 Å². The summed E-state index contributed by atoms with van der Waals surface area (Å²) in [6.07, 6.45) is 2.55. The number of hydrogen-bond acceptors (Lipinski definition) is 23. The van der Waals surface area contributed by atoms with E-state index in [1.165, 1.54) is 0 Å². The lowest BCUT2D eigenvalue weighted by Gasteiger charge is -2.29. The SMILES string of the molecule is CC(C)C[C@H](NC(=O)[C@H](CCCCN)NC(=O)[C@H](CCCCN)NC(=O)[C@H](Cc1ccccc1)NC(=O)[C@H](CC(C)C)NC(=O)[C@H](CCCCN)NC(=O)[C@H](CS)NC(=O)[C@H](Cc1ccccc1)NC(=O)[C@H](CCCN=C(N)N)NC(=O)[C@H](CCCCN)NC(=O)[C@H](Cc1ccccc1)NC(=O)[C@H](CCCN=C(N)N)NC(=O)CN)C(=O)N[C@@H](CO)C(=O)O. The first-order chi connectivity index (χ1) is 59.2. The van der Waals surface area contributed by atoms with E-state index in [4.69, 9.17) is 51.6 Å². The molecule has 0 spiro atoms. The minimum absolute atomic E-state index is 0.00566. The number of aliphatic carboxylic acids is 1. The van der Waals surface area contributed by atoms with Crippen molar-refractivity contribution in [1.82, 2.24) is 69.1 Å². The molecule has 0 heterocycles. The van der Waals surface area contributed by atoms with Crippen LogP contribution in [-0.4, -0.2) is 242 Å². The second-order valence-electron chi connectivity index (χ2n) is 31.1. The third-order valence-corrected chi connectivity index (χ3v) is 20.1. The number of aliphatic hydroxyl groups is 1. The Bertz CT molecular complexity index is 3870. The number of nitrogens with two attached hydrogens (primary N) is 9. The largest absolute Gasteiger partial charge is 0.480 e. The molecule has 0 aromatic heterocycles. The van der Waals surface area contributed by atoms with Crippen molar-refractivity contribution >= 4 is 107 Å². The number of unbranched alkanes of at least 4 members (excludes halogenated alkanes) is 4. The lowest BCUT2D eigenvalue weighted by atomic mass is 9.99. The number of amides is 13. The molecule has 0 unspecified atom stereocenters. The smallest absolute Gasteiger partial charge is 0.328 e. The van der Waals surface area contributed by atoms with Gasteiger partial charge in [-0.25, -0.2) is 4.79 Å². The van der Waals surface area contributed by atoms with Crippen LogP contribution in [-0.2, 0) is 86.4 Å². The van der Waals surface area contributed by atoms with E-state index in [9.17, 15) is 77.3 Å². The molecule has 124 heavy (non-hydrogen) atoms. The summed E-state index contributed by atoms with van der Waals surface area (Å²) in [6, 6.07) is 7.39. The van der Waals surface area contributed by atoms with Crippen LogP contribution in [0.5, 0.6) is 0 Å². The summed E-state index contributed by atoms with van der Waals surface area (Å²) in [4.78, 5) is 208. The fourth-order valence-electron chi connectivity index (χ4n) is 13.1. The van der Waals surface area contributed by atoms with Crippen molar-refractivity contribution in [1.29, 1.82) is 0 Å². The molecule has 0 aliphatic heterocycles. The van der Waals surface area contributed by atoms with E-state index in [0.29, 0.717) is 61.6 Å². The minimum Gasteiger partial charge on any atom is -0.480 e. The average molecular weight is 1760 g/mol. The van der Waals surface area contributed by atoms with Crippen molar-refractivity contribution in [2.45, 2.75) is 241 Å². The van der Waals surface area contributed by atoms with Crippen molar-refractivity contribution < 1.29 is 77.3 Å². The standard InChI is InChI=1S/C83H136N24O16S/c1-50(2)42-61(75(116)105-64(45-53-26-10-6-11-27-53)78(119)99-56(30-14-18-36-84)70(111)96-58(32-16-20-38-86)72(113)102-62(43-51(3)4)76(117)106-66(48-108)81(122)123)101-73(114)59(33-17-21-39-87)100-80(121)67(49-124)107-79(120)65(46-54-28-12-7-13-29-54)104-74(115)60(35-23-41-94-83(91)92)97-71(112)57(31-15-19-37-85)98-77(118)63(44-52-24-8-5-9-25-52)103-69(110)55(95-68(109)47-88)34-22-40-93-82(89)90/h5-13,24-29,50-51,55-67,108,124H,14-23,30-49,84-88H2,1-4H3,(H,95,109)(H,96,111)(H,97,112)(H,98,118)(H,99,119)(H,100,121)(H,101,114)(H,102,113)(H,103,110)(H,104,115)(H,105,116)(H,106,117)(H,107,120)(H,122,123)(H4,89,90,93)(H4,91,92,94)/t55-,56-,57-,58-,59-,60-,61-,62-,63-,64-,65-,66-,67-/m0/s1. The Balaban J connectivity index is 2.05. The number of carbonyl (C=O) groups excluding carboxylic acids is 13. The van der Waals surface area contributed by atoms with E-state index in [1.54, 1.807) is 119 Å². The van der Waals surface area contributed by atoms with Gasteiger partial charge in [0, 0.05) is 38.1 Å². The molecular weight excluding hydrogens is 1620 g/mol. The summed E-state index contributed by atoms with van der Waals surface area (Å²) in [7, 11) is 0. The first-order valence-corrected chi connectivity index (χ1v) is 43.0. The van der Waals surface area contributed by atoms with Gasteiger partial charge in [0.1, 0.15) is 78.5 Å². The van der Waals surface area contributed by atoms with E-state index in [2.05, 4.69) is 91.7 Å². The highest BCUT2D eigenvalue weighted by molar-refractivity contribution is 7.80. The molecule has 33 N–H and O–H groups in total. The van der Waals surface area contributed by atoms with Crippen LogP contribution in [0.15, 0.2) is 101 Å². The number of carboxylic acid groups (broad SMARTS) is 1. The van der Waals surface area contributed by atoms with Crippen molar-refractivity contribution in [2.75, 3.05) is 58.2 Å². The number of thiol groups is 1. The Morgan fingerprint density at radius 1 is 0.315 bits per heavy atom. The summed E-state index contributed by atoms with van der Waals surface area (Å²) in [5, 5.41) is 54.1. The van der Waals surface area contributed by atoms with Gasteiger partial charge in [-0.2, -0.15) is 12.6 Å². The molecule has 0 aliphatic rings. The Labute approximate surface area is 730 Å². The molecule has 41 heteroatoms. The van der Waals surface area contributed by atoms with Gasteiger partial charge in [-0.1, -0.05) is 119 Å². The van der Waals surface area contributed by atoms with E-state index in [-0.39, 0.29) is 159 Å². The molecule has 40 nitrogen and oxygen atoms in total. The third-order valence-electron chi connectivity index (χ3n) is 19.7. The van der Waals surface area contributed by atoms with E-state index < -0.39 is 174 Å². The maximum atomic E-state index is 15.0. The summed E-state index contributed by atoms with van der Waals surface area (Å²) in [5.74, 6) is -13.7. The van der Waals surface area contributed by atoms with Gasteiger partial charge in [0.05, 0.1) is 13.2 Å². The zero-order valence-electron chi connectivity index (χ0n) is 71.7. The summed E-state index contributed by atoms with van der Waals surface area (Å²) >= 11 is 4.46. The first-order valence-electron chi connectivity index (χ1n) is 42.3. The quantitative estimate of drug-likeness (QED) is 0.0110. The van der Waals surface area contributed by atoms with Crippen LogP contribution in [0, 0.1) is 11.8 Å². The number of guanidine groups is 2. The molecular formula is C83H136N24O16S. The topological polar surface area (TPSA) is 695 Å². The van der Waals surface area contributed by atoms with Crippen molar-refractivity contribution in [3.63, 3.8) is 0 Å². The normalized spacial score (nSPS) is 14.3. The lowest BCUT2D eigenvalue weighted by Crippen LogP contribution is -2.61. The number of benzene rings is 3. The van der Waals surface area contributed by atoms with Crippen LogP contribution in [0.2, 0.25) is 0 Å². The molecule has 3 aromatic rings. The number of hydrogen-bond donors (Lipinski definition) is 25.